The molecule has 0 amide bonds. The largest absolute Gasteiger partial charge is 0.310 e. The van der Waals surface area contributed by atoms with Crippen LogP contribution in [0.4, 0.5) is 0 Å². The van der Waals surface area contributed by atoms with Gasteiger partial charge in [-0.05, 0) is 37.1 Å². The fourth-order valence-corrected chi connectivity index (χ4v) is 2.54. The summed E-state index contributed by atoms with van der Waals surface area (Å²) in [5.74, 6) is 0. The van der Waals surface area contributed by atoms with Gasteiger partial charge in [-0.3, -0.25) is 0 Å². The van der Waals surface area contributed by atoms with E-state index in [1.165, 1.54) is 47.7 Å². The summed E-state index contributed by atoms with van der Waals surface area (Å²) in [6.45, 7) is 7.64. The average Bonchev–Trinajstić information content (AvgIpc) is 2.37. The Morgan fingerprint density at radius 1 is 1.17 bits per heavy atom. The number of aryl methyl sites for hydroxylation is 1. The number of halogens is 1. The second-order valence-electron chi connectivity index (χ2n) is 4.97. The molecule has 1 N–H and O–H groups in total. The van der Waals surface area contributed by atoms with Crippen LogP contribution in [-0.4, -0.2) is 6.54 Å². The fourth-order valence-electron chi connectivity index (χ4n) is 2.29. The third kappa shape index (κ3) is 5.11. The summed E-state index contributed by atoms with van der Waals surface area (Å²) in [7, 11) is 0. The van der Waals surface area contributed by atoms with E-state index in [0.29, 0.717) is 6.04 Å². The van der Waals surface area contributed by atoms with E-state index in [1.807, 2.05) is 0 Å². The maximum absolute atomic E-state index is 3.61. The molecule has 1 rings (SSSR count). The van der Waals surface area contributed by atoms with E-state index in [4.69, 9.17) is 0 Å². The molecule has 0 aliphatic heterocycles. The maximum Gasteiger partial charge on any atom is 0.0320 e. The predicted molar refractivity (Wildman–Crippen MR) is 84.1 cm³/mol. The molecule has 102 valence electrons. The SMILES string of the molecule is CCCCCCC(NCC)c1ccc(Br)c(C)c1. The Bertz CT molecular complexity index is 349. The first-order valence-corrected chi connectivity index (χ1v) is 7.97. The molecule has 1 nitrogen and oxygen atoms in total. The van der Waals surface area contributed by atoms with Crippen molar-refractivity contribution in [1.29, 1.82) is 0 Å². The smallest absolute Gasteiger partial charge is 0.0320 e. The molecular weight excluding hydrogens is 286 g/mol. The van der Waals surface area contributed by atoms with E-state index in [0.717, 1.165) is 6.54 Å². The molecule has 0 spiro atoms. The monoisotopic (exact) mass is 311 g/mol. The van der Waals surface area contributed by atoms with Crippen LogP contribution in [0, 0.1) is 6.92 Å². The molecule has 0 saturated carbocycles. The molecule has 1 aromatic rings. The van der Waals surface area contributed by atoms with Crippen LogP contribution in [0.5, 0.6) is 0 Å². The Morgan fingerprint density at radius 3 is 2.56 bits per heavy atom. The Morgan fingerprint density at radius 2 is 1.94 bits per heavy atom. The summed E-state index contributed by atoms with van der Waals surface area (Å²) in [6.07, 6.45) is 6.59. The average molecular weight is 312 g/mol. The minimum atomic E-state index is 0.513. The van der Waals surface area contributed by atoms with Gasteiger partial charge in [0.2, 0.25) is 0 Å². The van der Waals surface area contributed by atoms with Crippen LogP contribution < -0.4 is 5.32 Å². The van der Waals surface area contributed by atoms with E-state index in [1.54, 1.807) is 0 Å². The molecular formula is C16H26BrN. The highest BCUT2D eigenvalue weighted by atomic mass is 79.9. The van der Waals surface area contributed by atoms with Crippen LogP contribution in [-0.2, 0) is 0 Å². The summed E-state index contributed by atoms with van der Waals surface area (Å²) in [5, 5.41) is 3.61. The van der Waals surface area contributed by atoms with E-state index >= 15 is 0 Å². The zero-order valence-electron chi connectivity index (χ0n) is 11.9. The third-order valence-electron chi connectivity index (χ3n) is 3.38. The molecule has 0 heterocycles. The number of hydrogen-bond acceptors (Lipinski definition) is 1. The molecule has 0 saturated heterocycles. The van der Waals surface area contributed by atoms with Gasteiger partial charge < -0.3 is 5.32 Å². The summed E-state index contributed by atoms with van der Waals surface area (Å²) >= 11 is 3.57. The zero-order chi connectivity index (χ0) is 13.4. The number of nitrogens with one attached hydrogen (secondary N) is 1. The van der Waals surface area contributed by atoms with E-state index < -0.39 is 0 Å². The Kier molecular flexibility index (Phi) is 7.60. The van der Waals surface area contributed by atoms with Crippen molar-refractivity contribution in [2.75, 3.05) is 6.54 Å². The number of rotatable bonds is 8. The van der Waals surface area contributed by atoms with Gasteiger partial charge in [0, 0.05) is 10.5 Å². The lowest BCUT2D eigenvalue weighted by Gasteiger charge is -2.19. The number of hydrogen-bond donors (Lipinski definition) is 1. The highest BCUT2D eigenvalue weighted by Gasteiger charge is 2.10. The fraction of sp³-hybridized carbons (Fsp3) is 0.625. The van der Waals surface area contributed by atoms with Crippen LogP contribution in [0.3, 0.4) is 0 Å². The molecule has 0 aliphatic carbocycles. The summed E-state index contributed by atoms with van der Waals surface area (Å²) in [5.41, 5.74) is 2.75. The lowest BCUT2D eigenvalue weighted by molar-refractivity contribution is 0.481. The molecule has 1 atom stereocenters. The van der Waals surface area contributed by atoms with Crippen molar-refractivity contribution in [2.45, 2.75) is 58.9 Å². The van der Waals surface area contributed by atoms with Crippen LogP contribution >= 0.6 is 15.9 Å². The van der Waals surface area contributed by atoms with Crippen LogP contribution in [0.25, 0.3) is 0 Å². The Labute approximate surface area is 120 Å². The van der Waals surface area contributed by atoms with E-state index in [-0.39, 0.29) is 0 Å². The van der Waals surface area contributed by atoms with Gasteiger partial charge in [-0.2, -0.15) is 0 Å². The van der Waals surface area contributed by atoms with Gasteiger partial charge in [0.1, 0.15) is 0 Å². The molecule has 0 fully saturated rings. The van der Waals surface area contributed by atoms with Gasteiger partial charge in [0.05, 0.1) is 0 Å². The van der Waals surface area contributed by atoms with Gasteiger partial charge in [0.25, 0.3) is 0 Å². The first kappa shape index (κ1) is 15.7. The summed E-state index contributed by atoms with van der Waals surface area (Å²) in [4.78, 5) is 0. The molecule has 0 radical (unpaired) electrons. The topological polar surface area (TPSA) is 12.0 Å². The summed E-state index contributed by atoms with van der Waals surface area (Å²) < 4.78 is 1.20. The second kappa shape index (κ2) is 8.71. The first-order chi connectivity index (χ1) is 8.69. The van der Waals surface area contributed by atoms with Crippen molar-refractivity contribution in [1.82, 2.24) is 5.32 Å². The van der Waals surface area contributed by atoms with Gasteiger partial charge in [-0.1, -0.05) is 67.6 Å². The van der Waals surface area contributed by atoms with Gasteiger partial charge in [-0.25, -0.2) is 0 Å². The van der Waals surface area contributed by atoms with Crippen LogP contribution in [0.2, 0.25) is 0 Å². The predicted octanol–water partition coefficient (Wildman–Crippen LogP) is 5.38. The standard InChI is InChI=1S/C16H26BrN/c1-4-6-7-8-9-16(18-5-2)14-10-11-15(17)13(3)12-14/h10-12,16,18H,4-9H2,1-3H3. The highest BCUT2D eigenvalue weighted by Crippen LogP contribution is 2.24. The molecule has 1 aromatic carbocycles. The summed E-state index contributed by atoms with van der Waals surface area (Å²) in [6, 6.07) is 7.22. The number of unbranched alkanes of at least 4 members (excludes halogenated alkanes) is 3. The minimum Gasteiger partial charge on any atom is -0.310 e. The van der Waals surface area contributed by atoms with Crippen molar-refractivity contribution in [3.63, 3.8) is 0 Å². The molecule has 2 heteroatoms. The normalized spacial score (nSPS) is 12.7. The van der Waals surface area contributed by atoms with Gasteiger partial charge in [-0.15, -0.1) is 0 Å². The van der Waals surface area contributed by atoms with Crippen molar-refractivity contribution in [2.24, 2.45) is 0 Å². The third-order valence-corrected chi connectivity index (χ3v) is 4.27. The minimum absolute atomic E-state index is 0.513. The Balaban J connectivity index is 2.61. The first-order valence-electron chi connectivity index (χ1n) is 7.18. The maximum atomic E-state index is 3.61. The zero-order valence-corrected chi connectivity index (χ0v) is 13.5. The van der Waals surface area contributed by atoms with Crippen molar-refractivity contribution >= 4 is 15.9 Å². The van der Waals surface area contributed by atoms with Crippen LogP contribution in [0.1, 0.15) is 63.1 Å². The van der Waals surface area contributed by atoms with Crippen molar-refractivity contribution in [3.8, 4) is 0 Å². The molecule has 1 unspecified atom stereocenters. The number of benzene rings is 1. The van der Waals surface area contributed by atoms with E-state index in [2.05, 4.69) is 60.2 Å². The van der Waals surface area contributed by atoms with Crippen LogP contribution in [0.15, 0.2) is 22.7 Å². The van der Waals surface area contributed by atoms with Gasteiger partial charge >= 0.3 is 0 Å². The lowest BCUT2D eigenvalue weighted by atomic mass is 9.98. The van der Waals surface area contributed by atoms with Gasteiger partial charge in [0.15, 0.2) is 0 Å². The molecule has 18 heavy (non-hydrogen) atoms. The van der Waals surface area contributed by atoms with Crippen molar-refractivity contribution in [3.05, 3.63) is 33.8 Å². The quantitative estimate of drug-likeness (QED) is 0.636. The lowest BCUT2D eigenvalue weighted by Crippen LogP contribution is -2.21. The van der Waals surface area contributed by atoms with E-state index in [9.17, 15) is 0 Å². The molecule has 0 bridgehead atoms. The Hall–Kier alpha value is -0.340. The second-order valence-corrected chi connectivity index (χ2v) is 5.82. The highest BCUT2D eigenvalue weighted by molar-refractivity contribution is 9.10. The molecule has 0 aliphatic rings. The van der Waals surface area contributed by atoms with Crippen molar-refractivity contribution < 1.29 is 0 Å². The molecule has 0 aromatic heterocycles.